The number of amides is 1. The second-order valence-corrected chi connectivity index (χ2v) is 4.59. The van der Waals surface area contributed by atoms with Gasteiger partial charge < -0.3 is 15.0 Å². The highest BCUT2D eigenvalue weighted by atomic mass is 19.1. The molecule has 1 N–H and O–H groups in total. The molecule has 0 aliphatic carbocycles. The predicted octanol–water partition coefficient (Wildman–Crippen LogP) is 2.75. The van der Waals surface area contributed by atoms with E-state index in [2.05, 4.69) is 5.32 Å². The Bertz CT molecular complexity index is 451. The lowest BCUT2D eigenvalue weighted by molar-refractivity contribution is 0.0580. The number of halogens is 1. The van der Waals surface area contributed by atoms with E-state index in [1.54, 1.807) is 24.1 Å². The minimum absolute atomic E-state index is 0.0600. The van der Waals surface area contributed by atoms with Crippen LogP contribution in [0.2, 0.25) is 0 Å². The number of anilines is 1. The maximum atomic E-state index is 13.9. The first-order valence-electron chi connectivity index (χ1n) is 6.89. The highest BCUT2D eigenvalue weighted by Gasteiger charge is 2.23. The van der Waals surface area contributed by atoms with E-state index in [1.165, 1.54) is 6.07 Å². The second-order valence-electron chi connectivity index (χ2n) is 4.59. The Kier molecular flexibility index (Phi) is 6.45. The minimum Gasteiger partial charge on any atom is -0.383 e. The molecule has 0 fully saturated rings. The molecule has 0 saturated carbocycles. The van der Waals surface area contributed by atoms with Gasteiger partial charge in [0.25, 0.3) is 5.91 Å². The molecule has 4 nitrogen and oxygen atoms in total. The number of carbonyl (C=O) groups is 1. The number of para-hydroxylation sites is 1. The molecule has 5 heteroatoms. The third kappa shape index (κ3) is 3.70. The SMILES string of the molecule is CCNc1c(F)cccc1C(=O)N(CC)C(C)COC. The second kappa shape index (κ2) is 7.85. The summed E-state index contributed by atoms with van der Waals surface area (Å²) < 4.78 is 18.9. The number of likely N-dealkylation sites (N-methyl/N-ethyl adjacent to an activating group) is 1. The highest BCUT2D eigenvalue weighted by molar-refractivity contribution is 5.99. The average Bonchev–Trinajstić information content (AvgIpc) is 2.42. The van der Waals surface area contributed by atoms with Crippen molar-refractivity contribution in [1.29, 1.82) is 0 Å². The van der Waals surface area contributed by atoms with Crippen LogP contribution in [0.1, 0.15) is 31.1 Å². The molecule has 1 aromatic carbocycles. The van der Waals surface area contributed by atoms with E-state index in [0.29, 0.717) is 25.3 Å². The van der Waals surface area contributed by atoms with Gasteiger partial charge in [-0.25, -0.2) is 4.39 Å². The monoisotopic (exact) mass is 282 g/mol. The zero-order valence-electron chi connectivity index (χ0n) is 12.6. The Morgan fingerprint density at radius 1 is 1.45 bits per heavy atom. The van der Waals surface area contributed by atoms with E-state index in [1.807, 2.05) is 20.8 Å². The third-order valence-corrected chi connectivity index (χ3v) is 3.14. The molecule has 112 valence electrons. The molecular formula is C15H23FN2O2. The first-order chi connectivity index (χ1) is 9.56. The van der Waals surface area contributed by atoms with Gasteiger partial charge in [-0.2, -0.15) is 0 Å². The van der Waals surface area contributed by atoms with Crippen molar-refractivity contribution in [3.8, 4) is 0 Å². The van der Waals surface area contributed by atoms with Crippen LogP contribution in [-0.4, -0.2) is 43.7 Å². The Balaban J connectivity index is 3.09. The Labute approximate surface area is 119 Å². The Hall–Kier alpha value is -1.62. The summed E-state index contributed by atoms with van der Waals surface area (Å²) in [6.45, 7) is 7.23. The van der Waals surface area contributed by atoms with Crippen LogP contribution in [-0.2, 0) is 4.74 Å². The number of hydrogen-bond donors (Lipinski definition) is 1. The van der Waals surface area contributed by atoms with Crippen molar-refractivity contribution in [2.45, 2.75) is 26.8 Å². The topological polar surface area (TPSA) is 41.6 Å². The molecule has 0 aromatic heterocycles. The van der Waals surface area contributed by atoms with Crippen molar-refractivity contribution in [3.05, 3.63) is 29.6 Å². The fraction of sp³-hybridized carbons (Fsp3) is 0.533. The molecule has 0 aliphatic heterocycles. The maximum absolute atomic E-state index is 13.9. The van der Waals surface area contributed by atoms with Crippen molar-refractivity contribution < 1.29 is 13.9 Å². The summed E-state index contributed by atoms with van der Waals surface area (Å²) >= 11 is 0. The van der Waals surface area contributed by atoms with Gasteiger partial charge in [0, 0.05) is 20.2 Å². The quantitative estimate of drug-likeness (QED) is 0.836. The minimum atomic E-state index is -0.409. The maximum Gasteiger partial charge on any atom is 0.256 e. The van der Waals surface area contributed by atoms with Crippen LogP contribution in [0.25, 0.3) is 0 Å². The Morgan fingerprint density at radius 3 is 2.70 bits per heavy atom. The normalized spacial score (nSPS) is 12.1. The molecule has 0 saturated heterocycles. The predicted molar refractivity (Wildman–Crippen MR) is 78.6 cm³/mol. The van der Waals surface area contributed by atoms with Crippen LogP contribution in [0.3, 0.4) is 0 Å². The number of rotatable bonds is 7. The summed E-state index contributed by atoms with van der Waals surface area (Å²) in [6.07, 6.45) is 0. The number of ether oxygens (including phenoxy) is 1. The Morgan fingerprint density at radius 2 is 2.15 bits per heavy atom. The van der Waals surface area contributed by atoms with Gasteiger partial charge in [-0.15, -0.1) is 0 Å². The average molecular weight is 282 g/mol. The van der Waals surface area contributed by atoms with E-state index in [9.17, 15) is 9.18 Å². The van der Waals surface area contributed by atoms with E-state index < -0.39 is 5.82 Å². The molecule has 0 bridgehead atoms. The zero-order chi connectivity index (χ0) is 15.1. The van der Waals surface area contributed by atoms with Gasteiger partial charge >= 0.3 is 0 Å². The van der Waals surface area contributed by atoms with Gasteiger partial charge in [-0.3, -0.25) is 4.79 Å². The van der Waals surface area contributed by atoms with Crippen LogP contribution in [0, 0.1) is 5.82 Å². The van der Waals surface area contributed by atoms with E-state index in [4.69, 9.17) is 4.74 Å². The van der Waals surface area contributed by atoms with Gasteiger partial charge in [-0.05, 0) is 32.9 Å². The number of nitrogens with zero attached hydrogens (tertiary/aromatic N) is 1. The molecule has 20 heavy (non-hydrogen) atoms. The number of benzene rings is 1. The van der Waals surface area contributed by atoms with Crippen LogP contribution in [0.15, 0.2) is 18.2 Å². The molecule has 1 unspecified atom stereocenters. The van der Waals surface area contributed by atoms with Crippen molar-refractivity contribution in [2.24, 2.45) is 0 Å². The van der Waals surface area contributed by atoms with Crippen LogP contribution >= 0.6 is 0 Å². The van der Waals surface area contributed by atoms with E-state index in [0.717, 1.165) is 0 Å². The zero-order valence-corrected chi connectivity index (χ0v) is 12.6. The molecule has 1 aromatic rings. The van der Waals surface area contributed by atoms with Gasteiger partial charge in [0.15, 0.2) is 0 Å². The molecule has 0 aliphatic rings. The summed E-state index contributed by atoms with van der Waals surface area (Å²) in [5.74, 6) is -0.597. The molecule has 1 rings (SSSR count). The van der Waals surface area contributed by atoms with Gasteiger partial charge in [0.1, 0.15) is 5.82 Å². The molecule has 1 atom stereocenters. The van der Waals surface area contributed by atoms with Crippen molar-refractivity contribution in [2.75, 3.05) is 32.1 Å². The van der Waals surface area contributed by atoms with E-state index in [-0.39, 0.29) is 17.6 Å². The summed E-state index contributed by atoms with van der Waals surface area (Å²) in [7, 11) is 1.60. The molecular weight excluding hydrogens is 259 g/mol. The smallest absolute Gasteiger partial charge is 0.256 e. The molecule has 1 amide bonds. The lowest BCUT2D eigenvalue weighted by Gasteiger charge is -2.28. The van der Waals surface area contributed by atoms with Crippen molar-refractivity contribution in [1.82, 2.24) is 4.90 Å². The van der Waals surface area contributed by atoms with Crippen LogP contribution in [0.4, 0.5) is 10.1 Å². The van der Waals surface area contributed by atoms with Crippen LogP contribution < -0.4 is 5.32 Å². The number of hydrogen-bond acceptors (Lipinski definition) is 3. The highest BCUT2D eigenvalue weighted by Crippen LogP contribution is 2.22. The lowest BCUT2D eigenvalue weighted by Crippen LogP contribution is -2.41. The van der Waals surface area contributed by atoms with Crippen molar-refractivity contribution in [3.63, 3.8) is 0 Å². The summed E-state index contributed by atoms with van der Waals surface area (Å²) in [6, 6.07) is 4.49. The van der Waals surface area contributed by atoms with Gasteiger partial charge in [-0.1, -0.05) is 6.07 Å². The third-order valence-electron chi connectivity index (χ3n) is 3.14. The first-order valence-corrected chi connectivity index (χ1v) is 6.89. The molecule has 0 heterocycles. The number of carbonyl (C=O) groups excluding carboxylic acids is 1. The van der Waals surface area contributed by atoms with Crippen molar-refractivity contribution >= 4 is 11.6 Å². The standard InChI is InChI=1S/C15H23FN2O2/c1-5-17-14-12(8-7-9-13(14)16)15(19)18(6-2)11(3)10-20-4/h7-9,11,17H,5-6,10H2,1-4H3. The fourth-order valence-electron chi connectivity index (χ4n) is 2.20. The van der Waals surface area contributed by atoms with E-state index >= 15 is 0 Å². The van der Waals surface area contributed by atoms with Gasteiger partial charge in [0.05, 0.1) is 23.9 Å². The summed E-state index contributed by atoms with van der Waals surface area (Å²) in [5.41, 5.74) is 0.625. The number of nitrogens with one attached hydrogen (secondary N) is 1. The van der Waals surface area contributed by atoms with Gasteiger partial charge in [0.2, 0.25) is 0 Å². The largest absolute Gasteiger partial charge is 0.383 e. The lowest BCUT2D eigenvalue weighted by atomic mass is 10.1. The summed E-state index contributed by atoms with van der Waals surface area (Å²) in [5, 5.41) is 2.92. The number of methoxy groups -OCH3 is 1. The molecule has 0 radical (unpaired) electrons. The first kappa shape index (κ1) is 16.4. The molecule has 0 spiro atoms. The van der Waals surface area contributed by atoms with Crippen LogP contribution in [0.5, 0.6) is 0 Å². The summed E-state index contributed by atoms with van der Waals surface area (Å²) in [4.78, 5) is 14.3. The fourth-order valence-corrected chi connectivity index (χ4v) is 2.20.